The summed E-state index contributed by atoms with van der Waals surface area (Å²) in [4.78, 5) is 23.6. The fourth-order valence-corrected chi connectivity index (χ4v) is 2.12. The third-order valence-corrected chi connectivity index (χ3v) is 3.13. The Bertz CT molecular complexity index is 857. The first-order valence-electron chi connectivity index (χ1n) is 7.05. The van der Waals surface area contributed by atoms with Gasteiger partial charge in [-0.1, -0.05) is 12.1 Å². The smallest absolute Gasteiger partial charge is 0.437 e. The summed E-state index contributed by atoms with van der Waals surface area (Å²) in [7, 11) is 0. The second-order valence-corrected chi connectivity index (χ2v) is 4.80. The number of aromatic nitrogens is 3. The maximum absolute atomic E-state index is 13.2. The van der Waals surface area contributed by atoms with Crippen LogP contribution in [0.1, 0.15) is 23.9 Å². The Kier molecular flexibility index (Phi) is 5.38. The Morgan fingerprint density at radius 1 is 1.19 bits per heavy atom. The van der Waals surface area contributed by atoms with Crippen molar-refractivity contribution in [1.82, 2.24) is 15.4 Å². The lowest BCUT2D eigenvalue weighted by Gasteiger charge is -2.12. The zero-order chi connectivity index (χ0) is 19.5. The van der Waals surface area contributed by atoms with Gasteiger partial charge in [-0.05, 0) is 24.6 Å². The number of alkyl halides is 3. The average molecular weight is 373 g/mol. The molecule has 1 aromatic heterocycles. The highest BCUT2D eigenvalue weighted by atomic mass is 19.4. The quantitative estimate of drug-likeness (QED) is 0.274. The zero-order valence-electron chi connectivity index (χ0n) is 13.1. The number of carbonyl (C=O) groups is 2. The van der Waals surface area contributed by atoms with Crippen LogP contribution in [0.4, 0.5) is 17.6 Å². The largest absolute Gasteiger partial charge is 0.477 e. The van der Waals surface area contributed by atoms with E-state index in [2.05, 4.69) is 14.9 Å². The summed E-state index contributed by atoms with van der Waals surface area (Å²) in [5.41, 5.74) is -4.42. The molecule has 0 unspecified atom stereocenters. The molecule has 0 saturated carbocycles. The highest BCUT2D eigenvalue weighted by Gasteiger charge is 2.40. The first-order chi connectivity index (χ1) is 12.2. The molecule has 0 amide bonds. The highest BCUT2D eigenvalue weighted by molar-refractivity contribution is 6.21. The van der Waals surface area contributed by atoms with E-state index in [1.165, 1.54) is 6.92 Å². The molecule has 0 aliphatic rings. The lowest BCUT2D eigenvalue weighted by Crippen LogP contribution is -2.19. The van der Waals surface area contributed by atoms with Gasteiger partial charge < -0.3 is 9.84 Å². The number of aliphatic carboxylic acids is 1. The minimum atomic E-state index is -4.98. The lowest BCUT2D eigenvalue weighted by atomic mass is 9.95. The average Bonchev–Trinajstić information content (AvgIpc) is 3.02. The van der Waals surface area contributed by atoms with Crippen molar-refractivity contribution in [2.45, 2.75) is 13.1 Å². The summed E-state index contributed by atoms with van der Waals surface area (Å²) in [6.07, 6.45) is -4.98. The van der Waals surface area contributed by atoms with E-state index in [0.29, 0.717) is 0 Å². The van der Waals surface area contributed by atoms with Crippen molar-refractivity contribution in [3.8, 4) is 0 Å². The van der Waals surface area contributed by atoms with Gasteiger partial charge >= 0.3 is 18.1 Å². The number of ether oxygens (including phenoxy) is 1. The van der Waals surface area contributed by atoms with Crippen molar-refractivity contribution < 1.29 is 37.0 Å². The standard InChI is InChI=1S/C15H11F4N3O4/c1-2-26-14(25)10(13(23)24)9(7-3-5-8(16)6-4-7)11-12(15(17,18)19)21-22-20-11/h3-6H,2H2,1H3,(H,23,24)(H,20,21,22)/b10-9-. The van der Waals surface area contributed by atoms with Gasteiger partial charge in [-0.25, -0.2) is 14.0 Å². The molecule has 0 radical (unpaired) electrons. The first-order valence-corrected chi connectivity index (χ1v) is 7.05. The molecule has 0 bridgehead atoms. The van der Waals surface area contributed by atoms with Gasteiger partial charge in [0, 0.05) is 5.57 Å². The summed E-state index contributed by atoms with van der Waals surface area (Å²) in [6, 6.07) is 3.82. The van der Waals surface area contributed by atoms with Gasteiger partial charge in [0.1, 0.15) is 11.5 Å². The summed E-state index contributed by atoms with van der Waals surface area (Å²) in [5, 5.41) is 17.5. The minimum Gasteiger partial charge on any atom is -0.477 e. The maximum atomic E-state index is 13.2. The van der Waals surface area contributed by atoms with Gasteiger partial charge in [0.05, 0.1) is 6.61 Å². The van der Waals surface area contributed by atoms with Crippen molar-refractivity contribution in [1.29, 1.82) is 0 Å². The second-order valence-electron chi connectivity index (χ2n) is 4.80. The molecule has 138 valence electrons. The van der Waals surface area contributed by atoms with Crippen molar-refractivity contribution in [3.05, 3.63) is 52.6 Å². The fourth-order valence-electron chi connectivity index (χ4n) is 2.12. The van der Waals surface area contributed by atoms with Crippen LogP contribution in [-0.4, -0.2) is 39.1 Å². The number of benzene rings is 1. The molecule has 2 aromatic rings. The minimum absolute atomic E-state index is 0.184. The normalized spacial score (nSPS) is 12.5. The van der Waals surface area contributed by atoms with Crippen LogP contribution in [-0.2, 0) is 20.5 Å². The van der Waals surface area contributed by atoms with Gasteiger partial charge in [0.15, 0.2) is 11.3 Å². The van der Waals surface area contributed by atoms with Crippen LogP contribution in [0.25, 0.3) is 5.57 Å². The lowest BCUT2D eigenvalue weighted by molar-refractivity contribution is -0.144. The maximum Gasteiger partial charge on any atom is 0.437 e. The van der Waals surface area contributed by atoms with Crippen LogP contribution < -0.4 is 0 Å². The third-order valence-electron chi connectivity index (χ3n) is 3.13. The number of halogens is 4. The number of carboxylic acid groups (broad SMARTS) is 1. The van der Waals surface area contributed by atoms with E-state index in [0.717, 1.165) is 24.3 Å². The number of carboxylic acids is 1. The molecule has 1 heterocycles. The van der Waals surface area contributed by atoms with Crippen LogP contribution in [0.2, 0.25) is 0 Å². The molecule has 1 aromatic carbocycles. The molecule has 0 aliphatic heterocycles. The number of hydrogen-bond donors (Lipinski definition) is 2. The first kappa shape index (κ1) is 19.1. The molecule has 0 saturated heterocycles. The molecule has 7 nitrogen and oxygen atoms in total. The third kappa shape index (κ3) is 3.87. The molecule has 0 fully saturated rings. The van der Waals surface area contributed by atoms with Gasteiger partial charge in [-0.3, -0.25) is 0 Å². The molecule has 11 heteroatoms. The van der Waals surface area contributed by atoms with Crippen molar-refractivity contribution in [3.63, 3.8) is 0 Å². The van der Waals surface area contributed by atoms with E-state index < -0.39 is 46.5 Å². The SMILES string of the molecule is CCOC(=O)/C(C(=O)O)=C(/c1ccc(F)cc1)c1n[nH]nc1C(F)(F)F. The number of aromatic amines is 1. The van der Waals surface area contributed by atoms with Crippen molar-refractivity contribution >= 4 is 17.5 Å². The number of esters is 1. The molecule has 0 spiro atoms. The van der Waals surface area contributed by atoms with Crippen molar-refractivity contribution in [2.75, 3.05) is 6.61 Å². The second kappa shape index (κ2) is 7.33. The molecule has 2 rings (SSSR count). The monoisotopic (exact) mass is 373 g/mol. The van der Waals surface area contributed by atoms with E-state index >= 15 is 0 Å². The summed E-state index contributed by atoms with van der Waals surface area (Å²) in [6.45, 7) is 1.18. The molecular weight excluding hydrogens is 362 g/mol. The Morgan fingerprint density at radius 3 is 2.31 bits per heavy atom. The fraction of sp³-hybridized carbons (Fsp3) is 0.200. The van der Waals surface area contributed by atoms with Crippen LogP contribution in [0.15, 0.2) is 29.8 Å². The van der Waals surface area contributed by atoms with E-state index in [-0.39, 0.29) is 12.2 Å². The number of nitrogens with one attached hydrogen (secondary N) is 1. The Labute approximate surface area is 143 Å². The van der Waals surface area contributed by atoms with Crippen LogP contribution in [0.5, 0.6) is 0 Å². The van der Waals surface area contributed by atoms with E-state index in [9.17, 15) is 32.3 Å². The Balaban J connectivity index is 2.85. The number of rotatable bonds is 5. The predicted octanol–water partition coefficient (Wildman–Crippen LogP) is 2.41. The van der Waals surface area contributed by atoms with Gasteiger partial charge in [0.25, 0.3) is 0 Å². The molecule has 0 atom stereocenters. The van der Waals surface area contributed by atoms with Gasteiger partial charge in [0.2, 0.25) is 0 Å². The van der Waals surface area contributed by atoms with E-state index in [1.54, 1.807) is 5.21 Å². The molecule has 2 N–H and O–H groups in total. The summed E-state index contributed by atoms with van der Waals surface area (Å²) in [5.74, 6) is -3.91. The van der Waals surface area contributed by atoms with Gasteiger partial charge in [-0.15, -0.1) is 0 Å². The van der Waals surface area contributed by atoms with Crippen molar-refractivity contribution in [2.24, 2.45) is 0 Å². The molecule has 0 aliphatic carbocycles. The number of carbonyl (C=O) groups excluding carboxylic acids is 1. The highest BCUT2D eigenvalue weighted by Crippen LogP contribution is 2.36. The predicted molar refractivity (Wildman–Crippen MR) is 78.1 cm³/mol. The number of hydrogen-bond acceptors (Lipinski definition) is 5. The number of nitrogens with zero attached hydrogens (tertiary/aromatic N) is 2. The van der Waals surface area contributed by atoms with Crippen LogP contribution in [0, 0.1) is 5.82 Å². The number of H-pyrrole nitrogens is 1. The summed E-state index contributed by atoms with van der Waals surface area (Å²) < 4.78 is 57.3. The molecule has 26 heavy (non-hydrogen) atoms. The van der Waals surface area contributed by atoms with Crippen LogP contribution >= 0.6 is 0 Å². The summed E-state index contributed by atoms with van der Waals surface area (Å²) >= 11 is 0. The van der Waals surface area contributed by atoms with Gasteiger partial charge in [-0.2, -0.15) is 28.6 Å². The zero-order valence-corrected chi connectivity index (χ0v) is 13.1. The van der Waals surface area contributed by atoms with E-state index in [4.69, 9.17) is 0 Å². The topological polar surface area (TPSA) is 105 Å². The van der Waals surface area contributed by atoms with Crippen LogP contribution in [0.3, 0.4) is 0 Å². The van der Waals surface area contributed by atoms with E-state index in [1.807, 2.05) is 0 Å². The molecular formula is C15H11F4N3O4. The Morgan fingerprint density at radius 2 is 1.81 bits per heavy atom. The Hall–Kier alpha value is -3.24.